The van der Waals surface area contributed by atoms with Crippen molar-refractivity contribution in [2.45, 2.75) is 39.0 Å². The molecule has 0 saturated heterocycles. The lowest BCUT2D eigenvalue weighted by Crippen LogP contribution is -2.11. The average molecular weight is 220 g/mol. The second kappa shape index (κ2) is 5.15. The Bertz CT molecular complexity index is 361. The number of hydrogen-bond acceptors (Lipinski definition) is 2. The first-order valence-corrected chi connectivity index (χ1v) is 5.59. The van der Waals surface area contributed by atoms with E-state index in [0.29, 0.717) is 6.42 Å². The summed E-state index contributed by atoms with van der Waals surface area (Å²) in [5.41, 5.74) is 2.65. The molecule has 0 saturated carbocycles. The van der Waals surface area contributed by atoms with Crippen LogP contribution in [0, 0.1) is 0 Å². The van der Waals surface area contributed by atoms with Crippen LogP contribution in [-0.4, -0.2) is 13.1 Å². The molecule has 88 valence electrons. The molecule has 1 rings (SSSR count). The van der Waals surface area contributed by atoms with Gasteiger partial charge in [0.1, 0.15) is 0 Å². The number of esters is 1. The molecule has 0 aliphatic carbocycles. The van der Waals surface area contributed by atoms with E-state index in [1.807, 2.05) is 6.07 Å². The summed E-state index contributed by atoms with van der Waals surface area (Å²) in [7, 11) is 1.42. The second-order valence-corrected chi connectivity index (χ2v) is 5.03. The van der Waals surface area contributed by atoms with E-state index in [9.17, 15) is 4.79 Å². The minimum atomic E-state index is -0.152. The minimum Gasteiger partial charge on any atom is -0.469 e. The van der Waals surface area contributed by atoms with Crippen molar-refractivity contribution in [3.05, 3.63) is 35.4 Å². The standard InChI is InChI=1S/C14H20O2/c1-14(2,3)12-7-5-6-11(10-12)8-9-13(15)16-4/h5-7,10H,8-9H2,1-4H3. The van der Waals surface area contributed by atoms with E-state index in [1.165, 1.54) is 18.2 Å². The van der Waals surface area contributed by atoms with Crippen molar-refractivity contribution >= 4 is 5.97 Å². The third kappa shape index (κ3) is 3.69. The number of methoxy groups -OCH3 is 1. The highest BCUT2D eigenvalue weighted by molar-refractivity contribution is 5.69. The van der Waals surface area contributed by atoms with Crippen LogP contribution in [0.2, 0.25) is 0 Å². The zero-order valence-corrected chi connectivity index (χ0v) is 10.5. The molecule has 0 radical (unpaired) electrons. The average Bonchev–Trinajstić information content (AvgIpc) is 2.25. The zero-order chi connectivity index (χ0) is 12.2. The Labute approximate surface area is 97.6 Å². The van der Waals surface area contributed by atoms with Gasteiger partial charge in [-0.25, -0.2) is 0 Å². The SMILES string of the molecule is COC(=O)CCc1cccc(C(C)(C)C)c1. The van der Waals surface area contributed by atoms with Gasteiger partial charge in [0, 0.05) is 6.42 Å². The maximum atomic E-state index is 11.0. The Kier molecular flexibility index (Phi) is 4.11. The minimum absolute atomic E-state index is 0.152. The van der Waals surface area contributed by atoms with Crippen LogP contribution in [0.15, 0.2) is 24.3 Å². The van der Waals surface area contributed by atoms with Gasteiger partial charge in [-0.1, -0.05) is 45.0 Å². The molecule has 0 spiro atoms. The van der Waals surface area contributed by atoms with E-state index in [-0.39, 0.29) is 11.4 Å². The lowest BCUT2D eigenvalue weighted by Gasteiger charge is -2.19. The smallest absolute Gasteiger partial charge is 0.305 e. The Balaban J connectivity index is 2.72. The first kappa shape index (κ1) is 12.8. The van der Waals surface area contributed by atoms with Crippen molar-refractivity contribution in [2.24, 2.45) is 0 Å². The van der Waals surface area contributed by atoms with Gasteiger partial charge in [-0.15, -0.1) is 0 Å². The van der Waals surface area contributed by atoms with E-state index >= 15 is 0 Å². The summed E-state index contributed by atoms with van der Waals surface area (Å²) in [4.78, 5) is 11.0. The van der Waals surface area contributed by atoms with E-state index in [4.69, 9.17) is 0 Å². The van der Waals surface area contributed by atoms with Crippen LogP contribution in [0.1, 0.15) is 38.3 Å². The number of carbonyl (C=O) groups excluding carboxylic acids is 1. The number of ether oxygens (including phenoxy) is 1. The van der Waals surface area contributed by atoms with Gasteiger partial charge in [0.25, 0.3) is 0 Å². The third-order valence-electron chi connectivity index (χ3n) is 2.64. The van der Waals surface area contributed by atoms with Crippen LogP contribution >= 0.6 is 0 Å². The predicted molar refractivity (Wildman–Crippen MR) is 65.5 cm³/mol. The van der Waals surface area contributed by atoms with Crippen LogP contribution in [0.25, 0.3) is 0 Å². The van der Waals surface area contributed by atoms with E-state index < -0.39 is 0 Å². The molecular weight excluding hydrogens is 200 g/mol. The maximum absolute atomic E-state index is 11.0. The Morgan fingerprint density at radius 3 is 2.56 bits per heavy atom. The highest BCUT2D eigenvalue weighted by atomic mass is 16.5. The second-order valence-electron chi connectivity index (χ2n) is 5.03. The predicted octanol–water partition coefficient (Wildman–Crippen LogP) is 3.09. The fourth-order valence-corrected chi connectivity index (χ4v) is 1.54. The Morgan fingerprint density at radius 1 is 1.31 bits per heavy atom. The molecule has 0 atom stereocenters. The monoisotopic (exact) mass is 220 g/mol. The van der Waals surface area contributed by atoms with Crippen molar-refractivity contribution in [1.82, 2.24) is 0 Å². The van der Waals surface area contributed by atoms with Gasteiger partial charge in [0.2, 0.25) is 0 Å². The summed E-state index contributed by atoms with van der Waals surface area (Å²) in [6.07, 6.45) is 1.20. The first-order valence-electron chi connectivity index (χ1n) is 5.59. The van der Waals surface area contributed by atoms with Crippen LogP contribution in [0.5, 0.6) is 0 Å². The van der Waals surface area contributed by atoms with Gasteiger partial charge in [-0.2, -0.15) is 0 Å². The van der Waals surface area contributed by atoms with Gasteiger partial charge in [0.15, 0.2) is 0 Å². The summed E-state index contributed by atoms with van der Waals surface area (Å²) >= 11 is 0. The third-order valence-corrected chi connectivity index (χ3v) is 2.64. The van der Waals surface area contributed by atoms with Crippen LogP contribution in [0.4, 0.5) is 0 Å². The molecule has 0 aliphatic rings. The van der Waals surface area contributed by atoms with Crippen molar-refractivity contribution < 1.29 is 9.53 Å². The molecule has 16 heavy (non-hydrogen) atoms. The highest BCUT2D eigenvalue weighted by Crippen LogP contribution is 2.23. The molecule has 0 fully saturated rings. The summed E-state index contributed by atoms with van der Waals surface area (Å²) in [6, 6.07) is 8.40. The van der Waals surface area contributed by atoms with Gasteiger partial charge >= 0.3 is 5.97 Å². The summed E-state index contributed by atoms with van der Waals surface area (Å²) in [6.45, 7) is 6.56. The topological polar surface area (TPSA) is 26.3 Å². The lowest BCUT2D eigenvalue weighted by atomic mass is 9.86. The molecule has 0 bridgehead atoms. The quantitative estimate of drug-likeness (QED) is 0.732. The molecule has 0 N–H and O–H groups in total. The van der Waals surface area contributed by atoms with Crippen molar-refractivity contribution in [2.75, 3.05) is 7.11 Å². The molecule has 2 nitrogen and oxygen atoms in total. The van der Waals surface area contributed by atoms with E-state index in [2.05, 4.69) is 43.7 Å². The summed E-state index contributed by atoms with van der Waals surface area (Å²) in [5.74, 6) is -0.152. The van der Waals surface area contributed by atoms with E-state index in [1.54, 1.807) is 0 Å². The van der Waals surface area contributed by atoms with Gasteiger partial charge in [-0.05, 0) is 23.0 Å². The highest BCUT2D eigenvalue weighted by Gasteiger charge is 2.13. The summed E-state index contributed by atoms with van der Waals surface area (Å²) in [5, 5.41) is 0. The molecular formula is C14H20O2. The Morgan fingerprint density at radius 2 is 2.00 bits per heavy atom. The largest absolute Gasteiger partial charge is 0.469 e. The van der Waals surface area contributed by atoms with Gasteiger partial charge in [-0.3, -0.25) is 4.79 Å². The van der Waals surface area contributed by atoms with E-state index in [0.717, 1.165) is 6.42 Å². The van der Waals surface area contributed by atoms with Crippen molar-refractivity contribution in [3.63, 3.8) is 0 Å². The van der Waals surface area contributed by atoms with Gasteiger partial charge in [0.05, 0.1) is 7.11 Å². The van der Waals surface area contributed by atoms with Crippen molar-refractivity contribution in [3.8, 4) is 0 Å². The van der Waals surface area contributed by atoms with Crippen molar-refractivity contribution in [1.29, 1.82) is 0 Å². The molecule has 0 aliphatic heterocycles. The zero-order valence-electron chi connectivity index (χ0n) is 10.5. The van der Waals surface area contributed by atoms with Gasteiger partial charge < -0.3 is 4.74 Å². The fourth-order valence-electron chi connectivity index (χ4n) is 1.54. The molecule has 0 unspecified atom stereocenters. The normalized spacial score (nSPS) is 11.2. The fraction of sp³-hybridized carbons (Fsp3) is 0.500. The number of rotatable bonds is 3. The van der Waals surface area contributed by atoms with Crippen LogP contribution in [-0.2, 0) is 21.4 Å². The maximum Gasteiger partial charge on any atom is 0.305 e. The number of carbonyl (C=O) groups is 1. The molecule has 1 aromatic carbocycles. The number of aryl methyl sites for hydroxylation is 1. The van der Waals surface area contributed by atoms with Crippen LogP contribution in [0.3, 0.4) is 0 Å². The number of hydrogen-bond donors (Lipinski definition) is 0. The molecule has 1 aromatic rings. The molecule has 2 heteroatoms. The summed E-state index contributed by atoms with van der Waals surface area (Å²) < 4.78 is 4.63. The lowest BCUT2D eigenvalue weighted by molar-refractivity contribution is -0.140. The molecule has 0 aromatic heterocycles. The molecule has 0 heterocycles. The number of benzene rings is 1. The Hall–Kier alpha value is -1.31. The molecule has 0 amide bonds. The first-order chi connectivity index (χ1) is 7.43. The van der Waals surface area contributed by atoms with Crippen LogP contribution < -0.4 is 0 Å².